The van der Waals surface area contributed by atoms with Crippen molar-refractivity contribution in [3.63, 3.8) is 0 Å². The van der Waals surface area contributed by atoms with E-state index in [2.05, 4.69) is 42.5 Å². The molecule has 0 radical (unpaired) electrons. The highest BCUT2D eigenvalue weighted by molar-refractivity contribution is 5.80. The van der Waals surface area contributed by atoms with Gasteiger partial charge in [-0.1, -0.05) is 45.4 Å². The van der Waals surface area contributed by atoms with Crippen molar-refractivity contribution in [1.29, 1.82) is 0 Å². The molecule has 3 nitrogen and oxygen atoms in total. The van der Waals surface area contributed by atoms with E-state index in [4.69, 9.17) is 5.73 Å². The lowest BCUT2D eigenvalue weighted by atomic mass is 10.1. The van der Waals surface area contributed by atoms with Crippen LogP contribution in [0.2, 0.25) is 0 Å². The van der Waals surface area contributed by atoms with E-state index in [1.165, 1.54) is 61.6 Å². The third-order valence-electron chi connectivity index (χ3n) is 4.38. The van der Waals surface area contributed by atoms with Gasteiger partial charge in [-0.25, -0.2) is 4.98 Å². The van der Waals surface area contributed by atoms with Gasteiger partial charge in [0.15, 0.2) is 0 Å². The molecule has 116 valence electrons. The Morgan fingerprint density at radius 1 is 0.952 bits per heavy atom. The molecule has 2 N–H and O–H groups in total. The lowest BCUT2D eigenvalue weighted by Crippen LogP contribution is -2.03. The molecule has 2 aromatic rings. The second-order valence-electron chi connectivity index (χ2n) is 6.17. The zero-order valence-corrected chi connectivity index (χ0v) is 13.8. The summed E-state index contributed by atoms with van der Waals surface area (Å²) in [4.78, 5) is 4.50. The number of rotatable bonds is 8. The van der Waals surface area contributed by atoms with Gasteiger partial charge < -0.3 is 10.3 Å². The van der Waals surface area contributed by atoms with Crippen LogP contribution in [0.1, 0.15) is 63.0 Å². The zero-order chi connectivity index (χ0) is 15.2. The number of fused-ring (bicyclic) bond motifs is 1. The van der Waals surface area contributed by atoms with Crippen LogP contribution in [0.15, 0.2) is 12.1 Å². The van der Waals surface area contributed by atoms with Crippen LogP contribution in [-0.4, -0.2) is 9.55 Å². The monoisotopic (exact) mass is 287 g/mol. The topological polar surface area (TPSA) is 43.8 Å². The van der Waals surface area contributed by atoms with Gasteiger partial charge in [0, 0.05) is 6.54 Å². The highest BCUT2D eigenvalue weighted by Gasteiger charge is 2.09. The Bertz CT molecular complexity index is 584. The summed E-state index contributed by atoms with van der Waals surface area (Å²) in [6, 6.07) is 4.36. The maximum absolute atomic E-state index is 6.09. The van der Waals surface area contributed by atoms with E-state index in [9.17, 15) is 0 Å². The van der Waals surface area contributed by atoms with E-state index < -0.39 is 0 Å². The Morgan fingerprint density at radius 2 is 1.57 bits per heavy atom. The van der Waals surface area contributed by atoms with Gasteiger partial charge >= 0.3 is 0 Å². The minimum atomic E-state index is 0.654. The van der Waals surface area contributed by atoms with Gasteiger partial charge in [0.25, 0.3) is 0 Å². The van der Waals surface area contributed by atoms with Crippen molar-refractivity contribution in [3.05, 3.63) is 23.3 Å². The third kappa shape index (κ3) is 3.99. The predicted molar refractivity (Wildman–Crippen MR) is 91.6 cm³/mol. The number of nitrogen functional groups attached to an aromatic ring is 1. The van der Waals surface area contributed by atoms with Crippen LogP contribution >= 0.6 is 0 Å². The highest BCUT2D eigenvalue weighted by Crippen LogP contribution is 2.22. The highest BCUT2D eigenvalue weighted by atomic mass is 15.1. The van der Waals surface area contributed by atoms with Crippen LogP contribution in [0.25, 0.3) is 11.0 Å². The molecule has 0 spiro atoms. The van der Waals surface area contributed by atoms with E-state index in [1.54, 1.807) is 0 Å². The van der Waals surface area contributed by atoms with E-state index in [1.807, 2.05) is 0 Å². The van der Waals surface area contributed by atoms with Crippen LogP contribution in [0, 0.1) is 13.8 Å². The SMILES string of the molecule is CCCCCCCCCn1c(N)nc2cc(C)c(C)cc21. The molecule has 1 aromatic heterocycles. The van der Waals surface area contributed by atoms with Crippen LogP contribution < -0.4 is 5.73 Å². The summed E-state index contributed by atoms with van der Waals surface area (Å²) in [7, 11) is 0. The maximum Gasteiger partial charge on any atom is 0.201 e. The van der Waals surface area contributed by atoms with E-state index in [0.717, 1.165) is 12.1 Å². The molecule has 3 heteroatoms. The minimum absolute atomic E-state index is 0.654. The third-order valence-corrected chi connectivity index (χ3v) is 4.38. The Hall–Kier alpha value is -1.51. The molecule has 0 bridgehead atoms. The lowest BCUT2D eigenvalue weighted by Gasteiger charge is -2.07. The van der Waals surface area contributed by atoms with Crippen LogP contribution in [0.5, 0.6) is 0 Å². The molecular formula is C18H29N3. The molecule has 0 atom stereocenters. The van der Waals surface area contributed by atoms with Gasteiger partial charge in [0.2, 0.25) is 5.95 Å². The Morgan fingerprint density at radius 3 is 2.29 bits per heavy atom. The Kier molecular flexibility index (Phi) is 5.66. The van der Waals surface area contributed by atoms with Crippen molar-refractivity contribution in [2.24, 2.45) is 0 Å². The number of aryl methyl sites for hydroxylation is 3. The normalized spacial score (nSPS) is 11.4. The van der Waals surface area contributed by atoms with E-state index in [0.29, 0.717) is 5.95 Å². The summed E-state index contributed by atoms with van der Waals surface area (Å²) in [6.07, 6.45) is 9.25. The second-order valence-corrected chi connectivity index (χ2v) is 6.17. The van der Waals surface area contributed by atoms with Gasteiger partial charge in [-0.15, -0.1) is 0 Å². The van der Waals surface area contributed by atoms with Crippen molar-refractivity contribution < 1.29 is 0 Å². The average Bonchev–Trinajstić information content (AvgIpc) is 2.74. The van der Waals surface area contributed by atoms with Gasteiger partial charge in [-0.05, 0) is 43.5 Å². The standard InChI is InChI=1S/C18H29N3/c1-4-5-6-7-8-9-10-11-21-17-13-15(3)14(2)12-16(17)20-18(21)19/h12-13H,4-11H2,1-3H3,(H2,19,20). The number of aromatic nitrogens is 2. The van der Waals surface area contributed by atoms with E-state index in [-0.39, 0.29) is 0 Å². The summed E-state index contributed by atoms with van der Waals surface area (Å²) in [6.45, 7) is 7.52. The number of hydrogen-bond acceptors (Lipinski definition) is 2. The molecule has 21 heavy (non-hydrogen) atoms. The molecule has 1 aromatic carbocycles. The quantitative estimate of drug-likeness (QED) is 0.695. The summed E-state index contributed by atoms with van der Waals surface area (Å²) < 4.78 is 2.17. The average molecular weight is 287 g/mol. The summed E-state index contributed by atoms with van der Waals surface area (Å²) in [5, 5.41) is 0. The van der Waals surface area contributed by atoms with Gasteiger partial charge in [0.1, 0.15) is 0 Å². The van der Waals surface area contributed by atoms with Crippen molar-refractivity contribution in [2.75, 3.05) is 5.73 Å². The Balaban J connectivity index is 1.93. The number of imidazole rings is 1. The molecule has 0 aliphatic heterocycles. The molecule has 0 unspecified atom stereocenters. The molecule has 0 saturated carbocycles. The fourth-order valence-corrected chi connectivity index (χ4v) is 2.86. The summed E-state index contributed by atoms with van der Waals surface area (Å²) in [5.41, 5.74) is 10.9. The van der Waals surface area contributed by atoms with Gasteiger partial charge in [0.05, 0.1) is 11.0 Å². The van der Waals surface area contributed by atoms with Gasteiger partial charge in [-0.3, -0.25) is 0 Å². The van der Waals surface area contributed by atoms with Crippen molar-refractivity contribution in [3.8, 4) is 0 Å². The number of anilines is 1. The number of nitrogens with zero attached hydrogens (tertiary/aromatic N) is 2. The van der Waals surface area contributed by atoms with Crippen LogP contribution in [-0.2, 0) is 6.54 Å². The molecule has 1 heterocycles. The molecule has 2 rings (SSSR count). The van der Waals surface area contributed by atoms with Crippen molar-refractivity contribution in [2.45, 2.75) is 72.3 Å². The van der Waals surface area contributed by atoms with Crippen molar-refractivity contribution >= 4 is 17.0 Å². The van der Waals surface area contributed by atoms with Crippen LogP contribution in [0.3, 0.4) is 0 Å². The van der Waals surface area contributed by atoms with Crippen molar-refractivity contribution in [1.82, 2.24) is 9.55 Å². The fourth-order valence-electron chi connectivity index (χ4n) is 2.86. The molecule has 0 aliphatic carbocycles. The molecular weight excluding hydrogens is 258 g/mol. The van der Waals surface area contributed by atoms with Gasteiger partial charge in [-0.2, -0.15) is 0 Å². The summed E-state index contributed by atoms with van der Waals surface area (Å²) >= 11 is 0. The molecule has 0 saturated heterocycles. The molecule has 0 aliphatic rings. The largest absolute Gasteiger partial charge is 0.369 e. The number of benzene rings is 1. The first-order valence-corrected chi connectivity index (χ1v) is 8.36. The second kappa shape index (κ2) is 7.48. The number of hydrogen-bond donors (Lipinski definition) is 1. The summed E-state index contributed by atoms with van der Waals surface area (Å²) in [5.74, 6) is 0.654. The minimum Gasteiger partial charge on any atom is -0.369 e. The fraction of sp³-hybridized carbons (Fsp3) is 0.611. The Labute approximate surface area is 128 Å². The zero-order valence-electron chi connectivity index (χ0n) is 13.8. The first-order chi connectivity index (χ1) is 10.1. The number of unbranched alkanes of at least 4 members (excludes halogenated alkanes) is 6. The van der Waals surface area contributed by atoms with E-state index >= 15 is 0 Å². The molecule has 0 amide bonds. The predicted octanol–water partition coefficient (Wildman–Crippen LogP) is 4.99. The smallest absolute Gasteiger partial charge is 0.201 e. The number of nitrogens with two attached hydrogens (primary N) is 1. The molecule has 0 fully saturated rings. The first-order valence-electron chi connectivity index (χ1n) is 8.36. The lowest BCUT2D eigenvalue weighted by molar-refractivity contribution is 0.557. The maximum atomic E-state index is 6.09. The first kappa shape index (κ1) is 15.9. The van der Waals surface area contributed by atoms with Crippen LogP contribution in [0.4, 0.5) is 5.95 Å².